The van der Waals surface area contributed by atoms with Crippen LogP contribution in [-0.4, -0.2) is 35.0 Å². The Bertz CT molecular complexity index is 308. The molecule has 0 aliphatic carbocycles. The Kier molecular flexibility index (Phi) is 3.66. The molecule has 1 aromatic rings. The fourth-order valence-corrected chi connectivity index (χ4v) is 0.838. The molecular weight excluding hydrogens is 186 g/mol. The molecule has 0 saturated heterocycles. The third-order valence-corrected chi connectivity index (χ3v) is 1.41. The highest BCUT2D eigenvalue weighted by atomic mass is 16.5. The van der Waals surface area contributed by atoms with Crippen molar-refractivity contribution in [3.05, 3.63) is 18.2 Å². The van der Waals surface area contributed by atoms with E-state index >= 15 is 0 Å². The summed E-state index contributed by atoms with van der Waals surface area (Å²) in [5, 5.41) is 2.36. The molecule has 0 unspecified atom stereocenters. The topological polar surface area (TPSA) is 84.1 Å². The molecule has 14 heavy (non-hydrogen) atoms. The molecule has 1 aromatic heterocycles. The molecular formula is C8H11N3O3. The maximum atomic E-state index is 11.2. The van der Waals surface area contributed by atoms with Crippen molar-refractivity contribution in [1.82, 2.24) is 15.3 Å². The number of amides is 1. The van der Waals surface area contributed by atoms with Crippen LogP contribution in [0.3, 0.4) is 0 Å². The van der Waals surface area contributed by atoms with Crippen LogP contribution in [0.25, 0.3) is 0 Å². The van der Waals surface area contributed by atoms with Crippen LogP contribution in [0.1, 0.15) is 17.5 Å². The Morgan fingerprint density at radius 3 is 3.00 bits per heavy atom. The van der Waals surface area contributed by atoms with E-state index in [1.165, 1.54) is 12.4 Å². The summed E-state index contributed by atoms with van der Waals surface area (Å²) in [7, 11) is 0. The molecule has 0 bridgehead atoms. The van der Waals surface area contributed by atoms with E-state index in [9.17, 15) is 9.59 Å². The third kappa shape index (κ3) is 2.89. The summed E-state index contributed by atoms with van der Waals surface area (Å²) in [6.45, 7) is 1.86. The lowest BCUT2D eigenvalue weighted by molar-refractivity contribution is -0.141. The first kappa shape index (κ1) is 10.2. The van der Waals surface area contributed by atoms with Crippen LogP contribution in [0.2, 0.25) is 0 Å². The summed E-state index contributed by atoms with van der Waals surface area (Å²) in [4.78, 5) is 28.4. The number of hydrogen-bond acceptors (Lipinski definition) is 4. The Balaban J connectivity index is 2.32. The molecule has 0 radical (unpaired) electrons. The van der Waals surface area contributed by atoms with Crippen molar-refractivity contribution in [3.63, 3.8) is 0 Å². The van der Waals surface area contributed by atoms with Gasteiger partial charge in [-0.25, -0.2) is 4.98 Å². The lowest BCUT2D eigenvalue weighted by Gasteiger charge is -2.02. The van der Waals surface area contributed by atoms with Crippen LogP contribution in [0, 0.1) is 0 Å². The van der Waals surface area contributed by atoms with Crippen molar-refractivity contribution in [1.29, 1.82) is 0 Å². The second-order valence-electron chi connectivity index (χ2n) is 2.43. The summed E-state index contributed by atoms with van der Waals surface area (Å²) in [5.41, 5.74) is 0. The average molecular weight is 197 g/mol. The van der Waals surface area contributed by atoms with Gasteiger partial charge in [-0.15, -0.1) is 0 Å². The molecule has 0 aliphatic heterocycles. The third-order valence-electron chi connectivity index (χ3n) is 1.41. The molecule has 6 heteroatoms. The van der Waals surface area contributed by atoms with Gasteiger partial charge in [0.25, 0.3) is 5.91 Å². The van der Waals surface area contributed by atoms with E-state index in [0.717, 1.165) is 0 Å². The Morgan fingerprint density at radius 2 is 2.43 bits per heavy atom. The number of hydrogen-bond donors (Lipinski definition) is 2. The number of esters is 1. The maximum Gasteiger partial charge on any atom is 0.325 e. The van der Waals surface area contributed by atoms with E-state index in [0.29, 0.717) is 6.61 Å². The highest BCUT2D eigenvalue weighted by molar-refractivity contribution is 5.92. The first-order valence-corrected chi connectivity index (χ1v) is 4.17. The molecule has 1 heterocycles. The zero-order valence-electron chi connectivity index (χ0n) is 7.74. The Hall–Kier alpha value is -1.85. The Morgan fingerprint density at radius 1 is 1.64 bits per heavy atom. The molecule has 0 fully saturated rings. The molecule has 1 amide bonds. The van der Waals surface area contributed by atoms with Crippen LogP contribution in [-0.2, 0) is 9.53 Å². The molecule has 0 saturated carbocycles. The second kappa shape index (κ2) is 5.00. The summed E-state index contributed by atoms with van der Waals surface area (Å²) < 4.78 is 4.63. The van der Waals surface area contributed by atoms with Gasteiger partial charge in [-0.2, -0.15) is 0 Å². The number of carbonyl (C=O) groups excluding carboxylic acids is 2. The number of nitrogens with one attached hydrogen (secondary N) is 2. The van der Waals surface area contributed by atoms with E-state index < -0.39 is 11.9 Å². The second-order valence-corrected chi connectivity index (χ2v) is 2.43. The monoisotopic (exact) mass is 197 g/mol. The Labute approximate surface area is 80.7 Å². The van der Waals surface area contributed by atoms with Gasteiger partial charge in [0.05, 0.1) is 6.61 Å². The van der Waals surface area contributed by atoms with E-state index in [1.807, 2.05) is 0 Å². The molecule has 76 valence electrons. The first-order chi connectivity index (χ1) is 6.74. The summed E-state index contributed by atoms with van der Waals surface area (Å²) in [6.07, 6.45) is 2.98. The predicted octanol–water partition coefficient (Wildman–Crippen LogP) is -0.297. The number of nitrogens with zero attached hydrogens (tertiary/aromatic N) is 1. The van der Waals surface area contributed by atoms with Crippen molar-refractivity contribution in [2.45, 2.75) is 6.92 Å². The van der Waals surface area contributed by atoms with Gasteiger partial charge in [-0.1, -0.05) is 0 Å². The number of rotatable bonds is 4. The van der Waals surface area contributed by atoms with Crippen molar-refractivity contribution in [2.75, 3.05) is 13.2 Å². The SMILES string of the molecule is CCOC(=O)CNC(=O)c1ncc[nH]1. The van der Waals surface area contributed by atoms with Gasteiger partial charge >= 0.3 is 5.97 Å². The minimum Gasteiger partial charge on any atom is -0.465 e. The van der Waals surface area contributed by atoms with Crippen LogP contribution in [0.15, 0.2) is 12.4 Å². The number of ether oxygens (including phenoxy) is 1. The van der Waals surface area contributed by atoms with Crippen LogP contribution in [0.4, 0.5) is 0 Å². The highest BCUT2D eigenvalue weighted by Crippen LogP contribution is 1.87. The number of carbonyl (C=O) groups is 2. The van der Waals surface area contributed by atoms with Gasteiger partial charge in [-0.3, -0.25) is 9.59 Å². The molecule has 0 aromatic carbocycles. The van der Waals surface area contributed by atoms with E-state index in [-0.39, 0.29) is 12.4 Å². The first-order valence-electron chi connectivity index (χ1n) is 4.17. The van der Waals surface area contributed by atoms with Gasteiger partial charge in [0.15, 0.2) is 5.82 Å². The standard InChI is InChI=1S/C8H11N3O3/c1-2-14-6(12)5-11-8(13)7-9-3-4-10-7/h3-4H,2,5H2,1H3,(H,9,10)(H,11,13). The molecule has 0 aliphatic rings. The van der Waals surface area contributed by atoms with Crippen molar-refractivity contribution >= 4 is 11.9 Å². The van der Waals surface area contributed by atoms with Crippen molar-refractivity contribution in [2.24, 2.45) is 0 Å². The quantitative estimate of drug-likeness (QED) is 0.649. The summed E-state index contributed by atoms with van der Waals surface area (Å²) >= 11 is 0. The fourth-order valence-electron chi connectivity index (χ4n) is 0.838. The van der Waals surface area contributed by atoms with Gasteiger partial charge in [0, 0.05) is 12.4 Å². The van der Waals surface area contributed by atoms with Gasteiger partial charge in [0.1, 0.15) is 6.54 Å². The lowest BCUT2D eigenvalue weighted by Crippen LogP contribution is -2.31. The number of imidazole rings is 1. The van der Waals surface area contributed by atoms with Crippen LogP contribution in [0.5, 0.6) is 0 Å². The van der Waals surface area contributed by atoms with Crippen LogP contribution >= 0.6 is 0 Å². The minimum atomic E-state index is -0.465. The zero-order valence-corrected chi connectivity index (χ0v) is 7.74. The molecule has 1 rings (SSSR count). The normalized spacial score (nSPS) is 9.50. The van der Waals surface area contributed by atoms with E-state index in [2.05, 4.69) is 20.0 Å². The summed E-state index contributed by atoms with van der Waals surface area (Å²) in [5.74, 6) is -0.718. The van der Waals surface area contributed by atoms with Crippen LogP contribution < -0.4 is 5.32 Å². The highest BCUT2D eigenvalue weighted by Gasteiger charge is 2.09. The smallest absolute Gasteiger partial charge is 0.325 e. The largest absolute Gasteiger partial charge is 0.465 e. The van der Waals surface area contributed by atoms with Crippen molar-refractivity contribution < 1.29 is 14.3 Å². The fraction of sp³-hybridized carbons (Fsp3) is 0.375. The number of aromatic nitrogens is 2. The van der Waals surface area contributed by atoms with Gasteiger partial charge in [-0.05, 0) is 6.92 Å². The van der Waals surface area contributed by atoms with Gasteiger partial charge in [0.2, 0.25) is 0 Å². The maximum absolute atomic E-state index is 11.2. The lowest BCUT2D eigenvalue weighted by atomic mass is 10.5. The van der Waals surface area contributed by atoms with E-state index in [4.69, 9.17) is 0 Å². The number of H-pyrrole nitrogens is 1. The van der Waals surface area contributed by atoms with E-state index in [1.54, 1.807) is 6.92 Å². The molecule has 6 nitrogen and oxygen atoms in total. The predicted molar refractivity (Wildman–Crippen MR) is 47.6 cm³/mol. The van der Waals surface area contributed by atoms with Gasteiger partial charge < -0.3 is 15.0 Å². The zero-order chi connectivity index (χ0) is 10.4. The minimum absolute atomic E-state index is 0.145. The van der Waals surface area contributed by atoms with Crippen molar-refractivity contribution in [3.8, 4) is 0 Å². The number of aromatic amines is 1. The molecule has 0 spiro atoms. The summed E-state index contributed by atoms with van der Waals surface area (Å²) in [6, 6.07) is 0. The molecule has 2 N–H and O–H groups in total. The average Bonchev–Trinajstić information content (AvgIpc) is 2.67. The molecule has 0 atom stereocenters.